The molecule has 0 aliphatic carbocycles. The van der Waals surface area contributed by atoms with Gasteiger partial charge in [-0.25, -0.2) is 0 Å². The van der Waals surface area contributed by atoms with Crippen LogP contribution in [0.25, 0.3) is 0 Å². The topological polar surface area (TPSA) is 53.2 Å². The Hall–Kier alpha value is -2.44. The monoisotopic (exact) mass is 439 g/mol. The molecule has 0 saturated heterocycles. The van der Waals surface area contributed by atoms with Crippen LogP contribution in [0.2, 0.25) is 5.02 Å². The number of hydrogen-bond donors (Lipinski definition) is 1. The standard InChI is InChI=1S/C27H34ClNO2/c1-3-4-5-6-7-8-9-10-11-12-13-24-17-25(28)26(30)18-27(24)31-20-23-15-21(2)14-22(16-23)19-29/h4-5,14-18,30H,3,6-13,20H2,1-2H3/b5-4+. The van der Waals surface area contributed by atoms with Crippen molar-refractivity contribution in [2.24, 2.45) is 0 Å². The van der Waals surface area contributed by atoms with Crippen LogP contribution >= 0.6 is 11.6 Å². The molecule has 0 bridgehead atoms. The van der Waals surface area contributed by atoms with Crippen LogP contribution in [0.1, 0.15) is 80.5 Å². The average molecular weight is 440 g/mol. The molecular formula is C27H34ClNO2. The van der Waals surface area contributed by atoms with E-state index in [9.17, 15) is 5.11 Å². The number of aromatic hydroxyl groups is 1. The van der Waals surface area contributed by atoms with Gasteiger partial charge in [-0.15, -0.1) is 0 Å². The van der Waals surface area contributed by atoms with E-state index in [1.165, 1.54) is 38.5 Å². The molecule has 31 heavy (non-hydrogen) atoms. The summed E-state index contributed by atoms with van der Waals surface area (Å²) in [4.78, 5) is 0. The van der Waals surface area contributed by atoms with Gasteiger partial charge in [-0.1, -0.05) is 62.4 Å². The Morgan fingerprint density at radius 2 is 1.74 bits per heavy atom. The molecule has 0 unspecified atom stereocenters. The third-order valence-electron chi connectivity index (χ3n) is 5.26. The van der Waals surface area contributed by atoms with Crippen molar-refractivity contribution >= 4 is 11.6 Å². The lowest BCUT2D eigenvalue weighted by Gasteiger charge is -2.14. The molecule has 0 aliphatic heterocycles. The van der Waals surface area contributed by atoms with Crippen molar-refractivity contribution in [2.45, 2.75) is 78.2 Å². The number of phenolic OH excluding ortho intramolecular Hbond substituents is 1. The number of unbranched alkanes of at least 4 members (excludes halogenated alkanes) is 6. The van der Waals surface area contributed by atoms with Crippen LogP contribution in [0.4, 0.5) is 0 Å². The lowest BCUT2D eigenvalue weighted by Crippen LogP contribution is -2.00. The summed E-state index contributed by atoms with van der Waals surface area (Å²) in [5, 5.41) is 19.6. The number of aryl methyl sites for hydroxylation is 2. The summed E-state index contributed by atoms with van der Waals surface area (Å²) < 4.78 is 6.02. The van der Waals surface area contributed by atoms with Gasteiger partial charge in [-0.3, -0.25) is 0 Å². The van der Waals surface area contributed by atoms with E-state index in [0.29, 0.717) is 22.9 Å². The van der Waals surface area contributed by atoms with Gasteiger partial charge in [0.2, 0.25) is 0 Å². The second-order valence-corrected chi connectivity index (χ2v) is 8.47. The van der Waals surface area contributed by atoms with E-state index in [-0.39, 0.29) is 5.75 Å². The minimum Gasteiger partial charge on any atom is -0.506 e. The summed E-state index contributed by atoms with van der Waals surface area (Å²) >= 11 is 6.15. The van der Waals surface area contributed by atoms with E-state index in [4.69, 9.17) is 21.6 Å². The zero-order valence-corrected chi connectivity index (χ0v) is 19.5. The molecule has 1 N–H and O–H groups in total. The number of nitriles is 1. The Morgan fingerprint density at radius 1 is 1.00 bits per heavy atom. The number of allylic oxidation sites excluding steroid dienone is 2. The van der Waals surface area contributed by atoms with Crippen molar-refractivity contribution in [2.75, 3.05) is 0 Å². The Kier molecular flexibility index (Phi) is 11.0. The summed E-state index contributed by atoms with van der Waals surface area (Å²) in [6, 6.07) is 11.3. The molecule has 2 rings (SSSR count). The number of benzene rings is 2. The molecule has 0 amide bonds. The van der Waals surface area contributed by atoms with Crippen molar-refractivity contribution in [1.29, 1.82) is 5.26 Å². The maximum absolute atomic E-state index is 10.0. The van der Waals surface area contributed by atoms with Crippen LogP contribution in [0, 0.1) is 18.3 Å². The maximum atomic E-state index is 10.0. The van der Waals surface area contributed by atoms with E-state index in [0.717, 1.165) is 36.0 Å². The number of halogens is 1. The largest absolute Gasteiger partial charge is 0.506 e. The summed E-state index contributed by atoms with van der Waals surface area (Å²) in [7, 11) is 0. The molecule has 0 spiro atoms. The zero-order valence-electron chi connectivity index (χ0n) is 18.8. The Balaban J connectivity index is 1.85. The molecule has 0 atom stereocenters. The molecule has 0 heterocycles. The number of nitrogens with zero attached hydrogens (tertiary/aromatic N) is 1. The third kappa shape index (κ3) is 9.07. The summed E-state index contributed by atoms with van der Waals surface area (Å²) in [6.45, 7) is 4.48. The van der Waals surface area contributed by atoms with Gasteiger partial charge in [0, 0.05) is 6.07 Å². The van der Waals surface area contributed by atoms with E-state index in [1.54, 1.807) is 6.07 Å². The number of ether oxygens (including phenoxy) is 1. The van der Waals surface area contributed by atoms with Crippen molar-refractivity contribution in [3.63, 3.8) is 0 Å². The van der Waals surface area contributed by atoms with Crippen LogP contribution in [-0.4, -0.2) is 5.11 Å². The summed E-state index contributed by atoms with van der Waals surface area (Å²) in [5.74, 6) is 0.684. The molecule has 4 heteroatoms. The smallest absolute Gasteiger partial charge is 0.137 e. The number of rotatable bonds is 13. The fraction of sp³-hybridized carbons (Fsp3) is 0.444. The number of hydrogen-bond acceptors (Lipinski definition) is 3. The van der Waals surface area contributed by atoms with Crippen LogP contribution in [0.3, 0.4) is 0 Å². The molecule has 0 fully saturated rings. The van der Waals surface area contributed by atoms with Crippen LogP contribution in [-0.2, 0) is 13.0 Å². The van der Waals surface area contributed by atoms with Crippen molar-refractivity contribution in [1.82, 2.24) is 0 Å². The van der Waals surface area contributed by atoms with Crippen molar-refractivity contribution in [3.05, 3.63) is 69.8 Å². The molecule has 2 aromatic carbocycles. The number of phenols is 1. The predicted molar refractivity (Wildman–Crippen MR) is 129 cm³/mol. The Bertz CT molecular complexity index is 899. The van der Waals surface area contributed by atoms with E-state index in [1.807, 2.05) is 31.2 Å². The predicted octanol–water partition coefficient (Wildman–Crippen LogP) is 8.04. The first-order chi connectivity index (χ1) is 15.0. The maximum Gasteiger partial charge on any atom is 0.137 e. The second-order valence-electron chi connectivity index (χ2n) is 8.06. The summed E-state index contributed by atoms with van der Waals surface area (Å²) in [5.41, 5.74) is 3.60. The van der Waals surface area contributed by atoms with Gasteiger partial charge in [0.05, 0.1) is 16.7 Å². The highest BCUT2D eigenvalue weighted by atomic mass is 35.5. The molecular weight excluding hydrogens is 406 g/mol. The van der Waals surface area contributed by atoms with Gasteiger partial charge in [-0.2, -0.15) is 5.26 Å². The molecule has 0 radical (unpaired) electrons. The first-order valence-corrected chi connectivity index (χ1v) is 11.7. The fourth-order valence-electron chi connectivity index (χ4n) is 3.65. The second kappa shape index (κ2) is 13.8. The van der Waals surface area contributed by atoms with Crippen molar-refractivity contribution < 1.29 is 9.84 Å². The SMILES string of the molecule is CC/C=C/CCCCCCCCc1cc(Cl)c(O)cc1OCc1cc(C)cc(C#N)c1. The van der Waals surface area contributed by atoms with Crippen LogP contribution in [0.5, 0.6) is 11.5 Å². The van der Waals surface area contributed by atoms with Gasteiger partial charge >= 0.3 is 0 Å². The van der Waals surface area contributed by atoms with Gasteiger partial charge < -0.3 is 9.84 Å². The first-order valence-electron chi connectivity index (χ1n) is 11.3. The minimum absolute atomic E-state index is 0.0273. The molecule has 0 aliphatic rings. The molecule has 3 nitrogen and oxygen atoms in total. The van der Waals surface area contributed by atoms with Crippen LogP contribution in [0.15, 0.2) is 42.5 Å². The fourth-order valence-corrected chi connectivity index (χ4v) is 3.84. The lowest BCUT2D eigenvalue weighted by molar-refractivity contribution is 0.300. The molecule has 0 saturated carbocycles. The Morgan fingerprint density at radius 3 is 2.48 bits per heavy atom. The zero-order chi connectivity index (χ0) is 22.5. The highest BCUT2D eigenvalue weighted by molar-refractivity contribution is 6.32. The van der Waals surface area contributed by atoms with Gasteiger partial charge in [0.1, 0.15) is 18.1 Å². The lowest BCUT2D eigenvalue weighted by atomic mass is 10.0. The minimum atomic E-state index is 0.0273. The molecule has 2 aromatic rings. The average Bonchev–Trinajstić information content (AvgIpc) is 2.75. The van der Waals surface area contributed by atoms with E-state index >= 15 is 0 Å². The van der Waals surface area contributed by atoms with E-state index in [2.05, 4.69) is 25.1 Å². The van der Waals surface area contributed by atoms with E-state index < -0.39 is 0 Å². The third-order valence-corrected chi connectivity index (χ3v) is 5.56. The van der Waals surface area contributed by atoms with Crippen LogP contribution < -0.4 is 4.74 Å². The van der Waals surface area contributed by atoms with Crippen molar-refractivity contribution in [3.8, 4) is 17.6 Å². The van der Waals surface area contributed by atoms with Gasteiger partial charge in [0.25, 0.3) is 0 Å². The van der Waals surface area contributed by atoms with Gasteiger partial charge in [0.15, 0.2) is 0 Å². The quantitative estimate of drug-likeness (QED) is 0.253. The first kappa shape index (κ1) is 24.8. The Labute approximate surface area is 192 Å². The molecule has 0 aromatic heterocycles. The highest BCUT2D eigenvalue weighted by Gasteiger charge is 2.10. The normalized spacial score (nSPS) is 11.0. The summed E-state index contributed by atoms with van der Waals surface area (Å²) in [6.07, 6.45) is 15.0. The van der Waals surface area contributed by atoms with Gasteiger partial charge in [-0.05, 0) is 73.9 Å². The molecule has 166 valence electrons. The highest BCUT2D eigenvalue weighted by Crippen LogP contribution is 2.33.